The Morgan fingerprint density at radius 2 is 2.27 bits per heavy atom. The lowest BCUT2D eigenvalue weighted by molar-refractivity contribution is 0.387. The maximum atomic E-state index is 13.1. The minimum Gasteiger partial charge on any atom is -0.494 e. The molecule has 15 heavy (non-hydrogen) atoms. The van der Waals surface area contributed by atoms with Crippen LogP contribution in [0.25, 0.3) is 11.4 Å². The highest BCUT2D eigenvalue weighted by atomic mass is 127. The van der Waals surface area contributed by atoms with Gasteiger partial charge in [0.15, 0.2) is 20.4 Å². The summed E-state index contributed by atoms with van der Waals surface area (Å²) in [6.45, 7) is 0. The monoisotopic (exact) mass is 336 g/mol. The number of hydrogen-bond donors (Lipinski definition) is 0. The van der Waals surface area contributed by atoms with Crippen molar-refractivity contribution in [2.75, 3.05) is 7.11 Å². The molecule has 0 fully saturated rings. The van der Waals surface area contributed by atoms with E-state index in [1.54, 1.807) is 12.1 Å². The fraction of sp³-hybridized carbons (Fsp3) is 0.111. The maximum Gasteiger partial charge on any atom is 0.174 e. The van der Waals surface area contributed by atoms with Crippen LogP contribution in [0.3, 0.4) is 0 Å². The molecule has 0 saturated carbocycles. The van der Waals surface area contributed by atoms with E-state index in [1.165, 1.54) is 24.7 Å². The highest BCUT2D eigenvalue weighted by molar-refractivity contribution is 14.1. The van der Waals surface area contributed by atoms with Crippen molar-refractivity contribution in [3.8, 4) is 17.1 Å². The van der Waals surface area contributed by atoms with Crippen LogP contribution in [-0.2, 0) is 0 Å². The predicted molar refractivity (Wildman–Crippen MR) is 64.6 cm³/mol. The third kappa shape index (κ3) is 2.25. The molecule has 0 N–H and O–H groups in total. The van der Waals surface area contributed by atoms with Crippen molar-refractivity contribution >= 4 is 34.1 Å². The maximum absolute atomic E-state index is 13.1. The molecule has 2 aromatic rings. The van der Waals surface area contributed by atoms with Crippen LogP contribution in [-0.4, -0.2) is 16.5 Å². The highest BCUT2D eigenvalue weighted by Crippen LogP contribution is 2.25. The molecule has 0 aliphatic rings. The van der Waals surface area contributed by atoms with Gasteiger partial charge in [0.1, 0.15) is 0 Å². The second kappa shape index (κ2) is 4.40. The first-order valence-corrected chi connectivity index (χ1v) is 5.89. The van der Waals surface area contributed by atoms with Gasteiger partial charge in [0.2, 0.25) is 0 Å². The summed E-state index contributed by atoms with van der Waals surface area (Å²) in [4.78, 5) is 4.20. The average molecular weight is 336 g/mol. The van der Waals surface area contributed by atoms with Crippen LogP contribution < -0.4 is 4.74 Å². The molecular formula is C9H6FIN2OS. The van der Waals surface area contributed by atoms with Gasteiger partial charge in [-0.2, -0.15) is 4.37 Å². The number of rotatable bonds is 2. The van der Waals surface area contributed by atoms with Crippen LogP contribution in [0.1, 0.15) is 0 Å². The van der Waals surface area contributed by atoms with Crippen molar-refractivity contribution in [3.05, 3.63) is 27.0 Å². The average Bonchev–Trinajstić information content (AvgIpc) is 2.66. The molecule has 0 saturated heterocycles. The SMILES string of the molecule is COc1cc(-c2nsc(I)n2)ccc1F. The fourth-order valence-corrected chi connectivity index (χ4v) is 2.08. The molecule has 1 heterocycles. The smallest absolute Gasteiger partial charge is 0.174 e. The van der Waals surface area contributed by atoms with Crippen LogP contribution in [0.15, 0.2) is 18.2 Å². The molecule has 1 aromatic carbocycles. The van der Waals surface area contributed by atoms with Gasteiger partial charge in [0.25, 0.3) is 0 Å². The fourth-order valence-electron chi connectivity index (χ4n) is 1.12. The highest BCUT2D eigenvalue weighted by Gasteiger charge is 2.08. The molecule has 78 valence electrons. The van der Waals surface area contributed by atoms with E-state index >= 15 is 0 Å². The lowest BCUT2D eigenvalue weighted by atomic mass is 10.2. The van der Waals surface area contributed by atoms with Crippen LogP contribution >= 0.6 is 34.1 Å². The van der Waals surface area contributed by atoms with E-state index in [2.05, 4.69) is 31.9 Å². The summed E-state index contributed by atoms with van der Waals surface area (Å²) in [5.41, 5.74) is 0.757. The number of hydrogen-bond acceptors (Lipinski definition) is 4. The molecule has 6 heteroatoms. The first-order chi connectivity index (χ1) is 7.20. The minimum absolute atomic E-state index is 0.206. The van der Waals surface area contributed by atoms with Crippen molar-refractivity contribution in [3.63, 3.8) is 0 Å². The number of aromatic nitrogens is 2. The first kappa shape index (κ1) is 10.7. The Morgan fingerprint density at radius 3 is 2.87 bits per heavy atom. The van der Waals surface area contributed by atoms with Gasteiger partial charge in [0, 0.05) is 5.56 Å². The minimum atomic E-state index is -0.383. The van der Waals surface area contributed by atoms with Crippen molar-refractivity contribution < 1.29 is 9.13 Å². The molecule has 2 rings (SSSR count). The molecule has 0 unspecified atom stereocenters. The molecule has 0 amide bonds. The summed E-state index contributed by atoms with van der Waals surface area (Å²) in [7, 11) is 1.43. The zero-order valence-electron chi connectivity index (χ0n) is 7.70. The third-order valence-electron chi connectivity index (χ3n) is 1.81. The van der Waals surface area contributed by atoms with Gasteiger partial charge in [-0.25, -0.2) is 9.37 Å². The van der Waals surface area contributed by atoms with E-state index in [4.69, 9.17) is 4.74 Å². The molecule has 0 atom stereocenters. The zero-order valence-corrected chi connectivity index (χ0v) is 10.7. The van der Waals surface area contributed by atoms with E-state index in [0.29, 0.717) is 5.82 Å². The standard InChI is InChI=1S/C9H6FIN2OS/c1-14-7-4-5(2-3-6(7)10)8-12-9(11)15-13-8/h2-4H,1H3. The molecular weight excluding hydrogens is 330 g/mol. The third-order valence-corrected chi connectivity index (χ3v) is 3.15. The van der Waals surface area contributed by atoms with Gasteiger partial charge in [-0.15, -0.1) is 0 Å². The quantitative estimate of drug-likeness (QED) is 0.791. The number of nitrogens with zero attached hydrogens (tertiary/aromatic N) is 2. The Labute approximate surface area is 104 Å². The topological polar surface area (TPSA) is 35.0 Å². The largest absolute Gasteiger partial charge is 0.494 e. The normalized spacial score (nSPS) is 10.3. The lowest BCUT2D eigenvalue weighted by Crippen LogP contribution is -1.89. The molecule has 0 aliphatic heterocycles. The number of ether oxygens (including phenoxy) is 1. The Kier molecular flexibility index (Phi) is 3.15. The van der Waals surface area contributed by atoms with Crippen LogP contribution in [0.4, 0.5) is 4.39 Å². The van der Waals surface area contributed by atoms with E-state index in [-0.39, 0.29) is 11.6 Å². The molecule has 0 bridgehead atoms. The Morgan fingerprint density at radius 1 is 1.47 bits per heavy atom. The van der Waals surface area contributed by atoms with Crippen LogP contribution in [0, 0.1) is 8.83 Å². The number of methoxy groups -OCH3 is 1. The molecule has 3 nitrogen and oxygen atoms in total. The summed E-state index contributed by atoms with van der Waals surface area (Å²) in [5, 5.41) is 0. The summed E-state index contributed by atoms with van der Waals surface area (Å²) >= 11 is 3.40. The molecule has 1 aromatic heterocycles. The second-order valence-corrected chi connectivity index (χ2v) is 5.23. The first-order valence-electron chi connectivity index (χ1n) is 4.04. The van der Waals surface area contributed by atoms with Gasteiger partial charge < -0.3 is 4.74 Å². The van der Waals surface area contributed by atoms with Gasteiger partial charge in [-0.05, 0) is 52.3 Å². The number of benzene rings is 1. The van der Waals surface area contributed by atoms with Gasteiger partial charge in [0.05, 0.1) is 7.11 Å². The number of halogens is 2. The van der Waals surface area contributed by atoms with Gasteiger partial charge in [-0.3, -0.25) is 0 Å². The van der Waals surface area contributed by atoms with Gasteiger partial charge in [-0.1, -0.05) is 0 Å². The van der Waals surface area contributed by atoms with E-state index < -0.39 is 0 Å². The van der Waals surface area contributed by atoms with Gasteiger partial charge >= 0.3 is 0 Å². The Balaban J connectivity index is 2.45. The van der Waals surface area contributed by atoms with Crippen LogP contribution in [0.2, 0.25) is 0 Å². The lowest BCUT2D eigenvalue weighted by Gasteiger charge is -2.02. The van der Waals surface area contributed by atoms with Crippen molar-refractivity contribution in [1.82, 2.24) is 9.36 Å². The van der Waals surface area contributed by atoms with Crippen molar-refractivity contribution in [1.29, 1.82) is 0 Å². The molecule has 0 radical (unpaired) electrons. The molecule has 0 aliphatic carbocycles. The summed E-state index contributed by atoms with van der Waals surface area (Å²) in [6, 6.07) is 4.57. The van der Waals surface area contributed by atoms with Crippen LogP contribution in [0.5, 0.6) is 5.75 Å². The summed E-state index contributed by atoms with van der Waals surface area (Å²) < 4.78 is 23.0. The predicted octanol–water partition coefficient (Wildman–Crippen LogP) is 2.96. The zero-order chi connectivity index (χ0) is 10.8. The van der Waals surface area contributed by atoms with Crippen molar-refractivity contribution in [2.24, 2.45) is 0 Å². The Hall–Kier alpha value is -0.760. The molecule has 0 spiro atoms. The van der Waals surface area contributed by atoms with E-state index in [9.17, 15) is 4.39 Å². The van der Waals surface area contributed by atoms with E-state index in [0.717, 1.165) is 8.58 Å². The van der Waals surface area contributed by atoms with E-state index in [1.807, 2.05) is 0 Å². The van der Waals surface area contributed by atoms with Crippen molar-refractivity contribution in [2.45, 2.75) is 0 Å². The second-order valence-electron chi connectivity index (χ2n) is 2.72. The Bertz CT molecular complexity index is 489. The summed E-state index contributed by atoms with van der Waals surface area (Å²) in [6.07, 6.45) is 0. The summed E-state index contributed by atoms with van der Waals surface area (Å²) in [5.74, 6) is 0.422.